The van der Waals surface area contributed by atoms with Gasteiger partial charge in [-0.25, -0.2) is 4.98 Å². The Balaban J connectivity index is 2.30. The molecule has 1 aliphatic heterocycles. The molecule has 0 radical (unpaired) electrons. The molecule has 1 aromatic rings. The summed E-state index contributed by atoms with van der Waals surface area (Å²) in [6.45, 7) is 2.58. The van der Waals surface area contributed by atoms with Gasteiger partial charge in [0.25, 0.3) is 0 Å². The molecule has 0 spiro atoms. The van der Waals surface area contributed by atoms with Crippen molar-refractivity contribution in [3.8, 4) is 6.07 Å². The van der Waals surface area contributed by atoms with Crippen LogP contribution in [0.2, 0.25) is 0 Å². The van der Waals surface area contributed by atoms with E-state index in [1.165, 1.54) is 12.3 Å². The number of hydrogen-bond acceptors (Lipinski definition) is 6. The van der Waals surface area contributed by atoms with Crippen molar-refractivity contribution in [2.75, 3.05) is 31.2 Å². The molecule has 2 rings (SSSR count). The van der Waals surface area contributed by atoms with Gasteiger partial charge in [0.15, 0.2) is 0 Å². The molecule has 2 heterocycles. The zero-order valence-electron chi connectivity index (χ0n) is 9.20. The molecule has 0 atom stereocenters. The Kier molecular flexibility index (Phi) is 3.59. The summed E-state index contributed by atoms with van der Waals surface area (Å²) in [6.07, 6.45) is 1.37. The molecule has 0 amide bonds. The molecule has 6 nitrogen and oxygen atoms in total. The van der Waals surface area contributed by atoms with Crippen LogP contribution in [0.25, 0.3) is 0 Å². The van der Waals surface area contributed by atoms with Gasteiger partial charge in [0.05, 0.1) is 18.8 Å². The van der Waals surface area contributed by atoms with Gasteiger partial charge in [0, 0.05) is 24.7 Å². The number of pyridine rings is 1. The third-order valence-corrected chi connectivity index (χ3v) is 2.62. The summed E-state index contributed by atoms with van der Waals surface area (Å²) in [6, 6.07) is 3.47. The highest BCUT2D eigenvalue weighted by atomic mass is 16.5. The fourth-order valence-corrected chi connectivity index (χ4v) is 1.72. The first-order chi connectivity index (χ1) is 8.22. The molecule has 7 heteroatoms. The molecular weight excluding hydrogens is 221 g/mol. The molecule has 1 fully saturated rings. The summed E-state index contributed by atoms with van der Waals surface area (Å²) in [5, 5.41) is 27.1. The highest BCUT2D eigenvalue weighted by Gasteiger charge is 2.19. The standard InChI is InChI=1S/C10H12BN3O3/c12-6-8-5-9(11(15)16)7-13-10(8)14-1-3-17-4-2-14/h5,7,15-16H,1-4H2. The van der Waals surface area contributed by atoms with E-state index in [2.05, 4.69) is 4.98 Å². The van der Waals surface area contributed by atoms with Gasteiger partial charge in [0.1, 0.15) is 11.9 Å². The first-order valence-corrected chi connectivity index (χ1v) is 5.31. The normalized spacial score (nSPS) is 15.5. The van der Waals surface area contributed by atoms with Crippen molar-refractivity contribution in [2.24, 2.45) is 0 Å². The lowest BCUT2D eigenvalue weighted by Gasteiger charge is -2.28. The van der Waals surface area contributed by atoms with E-state index in [0.717, 1.165) is 0 Å². The molecule has 0 unspecified atom stereocenters. The zero-order chi connectivity index (χ0) is 12.3. The minimum Gasteiger partial charge on any atom is -0.423 e. The number of morpholine rings is 1. The third-order valence-electron chi connectivity index (χ3n) is 2.62. The van der Waals surface area contributed by atoms with Gasteiger partial charge in [-0.15, -0.1) is 0 Å². The van der Waals surface area contributed by atoms with Crippen LogP contribution in [0.5, 0.6) is 0 Å². The molecule has 2 N–H and O–H groups in total. The van der Waals surface area contributed by atoms with E-state index in [0.29, 0.717) is 37.7 Å². The summed E-state index contributed by atoms with van der Waals surface area (Å²) < 4.78 is 5.22. The van der Waals surface area contributed by atoms with Gasteiger partial charge in [0.2, 0.25) is 0 Å². The minimum absolute atomic E-state index is 0.221. The van der Waals surface area contributed by atoms with Crippen LogP contribution in [0.15, 0.2) is 12.3 Å². The Hall–Kier alpha value is -1.62. The lowest BCUT2D eigenvalue weighted by molar-refractivity contribution is 0.122. The molecule has 0 saturated carbocycles. The van der Waals surface area contributed by atoms with Crippen LogP contribution in [0, 0.1) is 11.3 Å². The van der Waals surface area contributed by atoms with Crippen molar-refractivity contribution in [3.05, 3.63) is 17.8 Å². The summed E-state index contributed by atoms with van der Waals surface area (Å²) in [7, 11) is -1.60. The van der Waals surface area contributed by atoms with E-state index in [1.807, 2.05) is 11.0 Å². The Morgan fingerprint density at radius 3 is 2.71 bits per heavy atom. The Bertz CT molecular complexity index is 441. The number of aromatic nitrogens is 1. The van der Waals surface area contributed by atoms with Crippen LogP contribution >= 0.6 is 0 Å². The van der Waals surface area contributed by atoms with E-state index in [1.54, 1.807) is 0 Å². The van der Waals surface area contributed by atoms with E-state index >= 15 is 0 Å². The maximum absolute atomic E-state index is 9.04. The smallest absolute Gasteiger partial charge is 0.423 e. The van der Waals surface area contributed by atoms with Gasteiger partial charge in [-0.2, -0.15) is 5.26 Å². The maximum Gasteiger partial charge on any atom is 0.490 e. The van der Waals surface area contributed by atoms with Crippen LogP contribution in [-0.2, 0) is 4.74 Å². The second-order valence-electron chi connectivity index (χ2n) is 3.72. The molecule has 0 aliphatic carbocycles. The quantitative estimate of drug-likeness (QED) is 0.602. The van der Waals surface area contributed by atoms with Gasteiger partial charge < -0.3 is 19.7 Å². The van der Waals surface area contributed by atoms with Crippen LogP contribution in [0.1, 0.15) is 5.56 Å². The molecule has 0 bridgehead atoms. The SMILES string of the molecule is N#Cc1cc(B(O)O)cnc1N1CCOCC1. The summed E-state index contributed by atoms with van der Waals surface area (Å²) in [4.78, 5) is 6.08. The number of rotatable bonds is 2. The second-order valence-corrected chi connectivity index (χ2v) is 3.72. The topological polar surface area (TPSA) is 89.6 Å². The summed E-state index contributed by atoms with van der Waals surface area (Å²) in [5.41, 5.74) is 0.566. The number of nitriles is 1. The molecule has 1 aliphatic rings. The van der Waals surface area contributed by atoms with Crippen molar-refractivity contribution in [1.82, 2.24) is 4.98 Å². The van der Waals surface area contributed by atoms with Crippen LogP contribution in [0.4, 0.5) is 5.82 Å². The van der Waals surface area contributed by atoms with Gasteiger partial charge in [-0.1, -0.05) is 0 Å². The predicted molar refractivity (Wildman–Crippen MR) is 61.8 cm³/mol. The number of nitrogens with zero attached hydrogens (tertiary/aromatic N) is 3. The van der Waals surface area contributed by atoms with E-state index < -0.39 is 7.12 Å². The molecule has 1 saturated heterocycles. The Labute approximate surface area is 99.2 Å². The van der Waals surface area contributed by atoms with Gasteiger partial charge in [-0.05, 0) is 6.07 Å². The second kappa shape index (κ2) is 5.14. The molecular formula is C10H12BN3O3. The van der Waals surface area contributed by atoms with Crippen molar-refractivity contribution < 1.29 is 14.8 Å². The first-order valence-electron chi connectivity index (χ1n) is 5.31. The highest BCUT2D eigenvalue weighted by Crippen LogP contribution is 2.16. The van der Waals surface area contributed by atoms with Crippen molar-refractivity contribution >= 4 is 18.4 Å². The average molecular weight is 233 g/mol. The maximum atomic E-state index is 9.04. The van der Waals surface area contributed by atoms with Crippen molar-refractivity contribution in [2.45, 2.75) is 0 Å². The predicted octanol–water partition coefficient (Wildman–Crippen LogP) is -1.53. The van der Waals surface area contributed by atoms with Crippen LogP contribution in [0.3, 0.4) is 0 Å². The summed E-state index contributed by atoms with van der Waals surface area (Å²) >= 11 is 0. The Morgan fingerprint density at radius 1 is 1.41 bits per heavy atom. The third kappa shape index (κ3) is 2.56. The van der Waals surface area contributed by atoms with E-state index in [4.69, 9.17) is 20.0 Å². The summed E-state index contributed by atoms with van der Waals surface area (Å²) in [5.74, 6) is 0.570. The largest absolute Gasteiger partial charge is 0.490 e. The van der Waals surface area contributed by atoms with Crippen molar-refractivity contribution in [1.29, 1.82) is 5.26 Å². The highest BCUT2D eigenvalue weighted by molar-refractivity contribution is 6.58. The van der Waals surface area contributed by atoms with Gasteiger partial charge in [-0.3, -0.25) is 0 Å². The monoisotopic (exact) mass is 233 g/mol. The fourth-order valence-electron chi connectivity index (χ4n) is 1.72. The molecule has 88 valence electrons. The van der Waals surface area contributed by atoms with Crippen LogP contribution in [-0.4, -0.2) is 48.5 Å². The van der Waals surface area contributed by atoms with Gasteiger partial charge >= 0.3 is 7.12 Å². The first kappa shape index (κ1) is 11.9. The number of hydrogen-bond donors (Lipinski definition) is 2. The van der Waals surface area contributed by atoms with Crippen LogP contribution < -0.4 is 10.4 Å². The van der Waals surface area contributed by atoms with Crippen molar-refractivity contribution in [3.63, 3.8) is 0 Å². The lowest BCUT2D eigenvalue weighted by atomic mass is 9.81. The zero-order valence-corrected chi connectivity index (χ0v) is 9.20. The lowest BCUT2D eigenvalue weighted by Crippen LogP contribution is -2.38. The fraction of sp³-hybridized carbons (Fsp3) is 0.400. The average Bonchev–Trinajstić information content (AvgIpc) is 2.39. The number of ether oxygens (including phenoxy) is 1. The Morgan fingerprint density at radius 2 is 2.12 bits per heavy atom. The van der Waals surface area contributed by atoms with E-state index in [-0.39, 0.29) is 5.46 Å². The molecule has 1 aromatic heterocycles. The minimum atomic E-state index is -1.60. The molecule has 0 aromatic carbocycles. The molecule has 17 heavy (non-hydrogen) atoms. The van der Waals surface area contributed by atoms with E-state index in [9.17, 15) is 0 Å². The number of anilines is 1.